The minimum Gasteiger partial charge on any atom is -0.341 e. The van der Waals surface area contributed by atoms with E-state index in [9.17, 15) is 9.18 Å². The zero-order valence-corrected chi connectivity index (χ0v) is 13.3. The largest absolute Gasteiger partial charge is 0.341 e. The molecule has 2 heterocycles. The number of benzene rings is 1. The summed E-state index contributed by atoms with van der Waals surface area (Å²) in [6, 6.07) is 5.60. The standard InChI is InChI=1S/C17H19FN4O/c1-11-15(21-16(23)13-6-5-7-14(18)10-13)12(2)20-17(19-11)22-8-3-4-9-22/h5-7,10H,3-4,8-9H2,1-2H3,(H,21,23). The molecular weight excluding hydrogens is 295 g/mol. The molecule has 0 atom stereocenters. The van der Waals surface area contributed by atoms with Gasteiger partial charge < -0.3 is 10.2 Å². The molecule has 1 aliphatic heterocycles. The Bertz CT molecular complexity index is 718. The van der Waals surface area contributed by atoms with Crippen LogP contribution in [0.4, 0.5) is 16.0 Å². The number of nitrogens with zero attached hydrogens (tertiary/aromatic N) is 3. The summed E-state index contributed by atoms with van der Waals surface area (Å²) >= 11 is 0. The summed E-state index contributed by atoms with van der Waals surface area (Å²) in [5.74, 6) is -0.0961. The fraction of sp³-hybridized carbons (Fsp3) is 0.353. The first-order valence-corrected chi connectivity index (χ1v) is 7.71. The summed E-state index contributed by atoms with van der Waals surface area (Å²) in [6.07, 6.45) is 2.30. The van der Waals surface area contributed by atoms with Gasteiger partial charge in [0.15, 0.2) is 0 Å². The first kappa shape index (κ1) is 15.4. The lowest BCUT2D eigenvalue weighted by Crippen LogP contribution is -2.22. The third-order valence-electron chi connectivity index (χ3n) is 3.97. The number of amides is 1. The van der Waals surface area contributed by atoms with Crippen LogP contribution in [0.1, 0.15) is 34.6 Å². The van der Waals surface area contributed by atoms with Crippen LogP contribution in [0.3, 0.4) is 0 Å². The van der Waals surface area contributed by atoms with E-state index in [0.29, 0.717) is 23.0 Å². The summed E-state index contributed by atoms with van der Waals surface area (Å²) in [6.45, 7) is 5.62. The van der Waals surface area contributed by atoms with Gasteiger partial charge in [0, 0.05) is 18.7 Å². The predicted molar refractivity (Wildman–Crippen MR) is 87.3 cm³/mol. The molecule has 0 radical (unpaired) electrons. The summed E-state index contributed by atoms with van der Waals surface area (Å²) in [4.78, 5) is 23.4. The number of anilines is 2. The zero-order valence-electron chi connectivity index (χ0n) is 13.3. The molecule has 2 aromatic rings. The Labute approximate surface area is 134 Å². The Balaban J connectivity index is 1.84. The smallest absolute Gasteiger partial charge is 0.255 e. The summed E-state index contributed by atoms with van der Waals surface area (Å²) in [7, 11) is 0. The SMILES string of the molecule is Cc1nc(N2CCCC2)nc(C)c1NC(=O)c1cccc(F)c1. The van der Waals surface area contributed by atoms with E-state index in [1.165, 1.54) is 18.2 Å². The fourth-order valence-electron chi connectivity index (χ4n) is 2.75. The van der Waals surface area contributed by atoms with Crippen LogP contribution in [0.15, 0.2) is 24.3 Å². The number of hydrogen-bond acceptors (Lipinski definition) is 4. The summed E-state index contributed by atoms with van der Waals surface area (Å²) < 4.78 is 13.2. The van der Waals surface area contributed by atoms with E-state index in [2.05, 4.69) is 20.2 Å². The van der Waals surface area contributed by atoms with Crippen molar-refractivity contribution in [3.05, 3.63) is 47.0 Å². The van der Waals surface area contributed by atoms with E-state index >= 15 is 0 Å². The third kappa shape index (κ3) is 3.31. The molecule has 23 heavy (non-hydrogen) atoms. The highest BCUT2D eigenvalue weighted by molar-refractivity contribution is 6.04. The number of rotatable bonds is 3. The average molecular weight is 314 g/mol. The molecule has 1 saturated heterocycles. The summed E-state index contributed by atoms with van der Waals surface area (Å²) in [5, 5.41) is 2.79. The average Bonchev–Trinajstić information content (AvgIpc) is 3.05. The highest BCUT2D eigenvalue weighted by Gasteiger charge is 2.18. The maximum atomic E-state index is 13.2. The van der Waals surface area contributed by atoms with Gasteiger partial charge in [-0.3, -0.25) is 4.79 Å². The quantitative estimate of drug-likeness (QED) is 0.946. The molecule has 6 heteroatoms. The third-order valence-corrected chi connectivity index (χ3v) is 3.97. The highest BCUT2D eigenvalue weighted by atomic mass is 19.1. The van der Waals surface area contributed by atoms with Crippen molar-refractivity contribution in [2.75, 3.05) is 23.3 Å². The number of nitrogens with one attached hydrogen (secondary N) is 1. The lowest BCUT2D eigenvalue weighted by Gasteiger charge is -2.18. The van der Waals surface area contributed by atoms with Crippen LogP contribution in [0.2, 0.25) is 0 Å². The Morgan fingerprint density at radius 1 is 1.17 bits per heavy atom. The van der Waals surface area contributed by atoms with Crippen LogP contribution in [0, 0.1) is 19.7 Å². The molecule has 1 aromatic heterocycles. The van der Waals surface area contributed by atoms with Gasteiger partial charge in [-0.15, -0.1) is 0 Å². The van der Waals surface area contributed by atoms with Gasteiger partial charge in [-0.1, -0.05) is 6.07 Å². The van der Waals surface area contributed by atoms with Crippen molar-refractivity contribution in [2.45, 2.75) is 26.7 Å². The molecular formula is C17H19FN4O. The summed E-state index contributed by atoms with van der Waals surface area (Å²) in [5.41, 5.74) is 2.28. The fourth-order valence-corrected chi connectivity index (χ4v) is 2.75. The number of carbonyl (C=O) groups is 1. The monoisotopic (exact) mass is 314 g/mol. The maximum absolute atomic E-state index is 13.2. The Kier molecular flexibility index (Phi) is 4.23. The molecule has 120 valence electrons. The number of carbonyl (C=O) groups excluding carboxylic acids is 1. The van der Waals surface area contributed by atoms with Gasteiger partial charge in [0.05, 0.1) is 17.1 Å². The molecule has 1 fully saturated rings. The highest BCUT2D eigenvalue weighted by Crippen LogP contribution is 2.23. The normalized spacial score (nSPS) is 14.1. The van der Waals surface area contributed by atoms with Crippen molar-refractivity contribution in [2.24, 2.45) is 0 Å². The molecule has 5 nitrogen and oxygen atoms in total. The second-order valence-corrected chi connectivity index (χ2v) is 5.73. The number of halogens is 1. The van der Waals surface area contributed by atoms with Crippen molar-refractivity contribution >= 4 is 17.5 Å². The first-order valence-electron chi connectivity index (χ1n) is 7.71. The number of aryl methyl sites for hydroxylation is 2. The van der Waals surface area contributed by atoms with E-state index in [1.54, 1.807) is 6.07 Å². The van der Waals surface area contributed by atoms with Gasteiger partial charge in [0.25, 0.3) is 5.91 Å². The number of aromatic nitrogens is 2. The topological polar surface area (TPSA) is 58.1 Å². The van der Waals surface area contributed by atoms with Gasteiger partial charge in [-0.2, -0.15) is 0 Å². The molecule has 0 unspecified atom stereocenters. The molecule has 3 rings (SSSR count). The van der Waals surface area contributed by atoms with Crippen molar-refractivity contribution in [3.63, 3.8) is 0 Å². The van der Waals surface area contributed by atoms with Gasteiger partial charge in [-0.05, 0) is 44.9 Å². The zero-order chi connectivity index (χ0) is 16.4. The Morgan fingerprint density at radius 3 is 2.43 bits per heavy atom. The lowest BCUT2D eigenvalue weighted by molar-refractivity contribution is 0.102. The second-order valence-electron chi connectivity index (χ2n) is 5.73. The van der Waals surface area contributed by atoms with Crippen LogP contribution in [0.25, 0.3) is 0 Å². The van der Waals surface area contributed by atoms with Gasteiger partial charge >= 0.3 is 0 Å². The van der Waals surface area contributed by atoms with E-state index in [-0.39, 0.29) is 11.5 Å². The Hall–Kier alpha value is -2.50. The van der Waals surface area contributed by atoms with Crippen molar-refractivity contribution in [1.29, 1.82) is 0 Å². The molecule has 1 amide bonds. The van der Waals surface area contributed by atoms with Crippen molar-refractivity contribution < 1.29 is 9.18 Å². The maximum Gasteiger partial charge on any atom is 0.255 e. The van der Waals surface area contributed by atoms with Crippen LogP contribution >= 0.6 is 0 Å². The molecule has 1 aromatic carbocycles. The van der Waals surface area contributed by atoms with E-state index in [1.807, 2.05) is 13.8 Å². The van der Waals surface area contributed by atoms with Crippen molar-refractivity contribution in [3.8, 4) is 0 Å². The van der Waals surface area contributed by atoms with E-state index < -0.39 is 5.82 Å². The minimum absolute atomic E-state index is 0.271. The van der Waals surface area contributed by atoms with Crippen LogP contribution in [-0.2, 0) is 0 Å². The number of hydrogen-bond donors (Lipinski definition) is 1. The van der Waals surface area contributed by atoms with E-state index in [0.717, 1.165) is 25.9 Å². The van der Waals surface area contributed by atoms with Crippen molar-refractivity contribution in [1.82, 2.24) is 9.97 Å². The van der Waals surface area contributed by atoms with Gasteiger partial charge in [-0.25, -0.2) is 14.4 Å². The van der Waals surface area contributed by atoms with Gasteiger partial charge in [0.1, 0.15) is 5.82 Å². The van der Waals surface area contributed by atoms with Crippen LogP contribution in [-0.4, -0.2) is 29.0 Å². The predicted octanol–water partition coefficient (Wildman–Crippen LogP) is 3.09. The van der Waals surface area contributed by atoms with Gasteiger partial charge in [0.2, 0.25) is 5.95 Å². The minimum atomic E-state index is -0.438. The molecule has 0 aliphatic carbocycles. The molecule has 0 spiro atoms. The molecule has 1 aliphatic rings. The Morgan fingerprint density at radius 2 is 1.83 bits per heavy atom. The van der Waals surface area contributed by atoms with Crippen LogP contribution < -0.4 is 10.2 Å². The lowest BCUT2D eigenvalue weighted by atomic mass is 10.2. The molecule has 0 bridgehead atoms. The molecule has 0 saturated carbocycles. The first-order chi connectivity index (χ1) is 11.0. The van der Waals surface area contributed by atoms with E-state index in [4.69, 9.17) is 0 Å². The second kappa shape index (κ2) is 6.32. The molecule has 1 N–H and O–H groups in total. The van der Waals surface area contributed by atoms with Crippen LogP contribution in [0.5, 0.6) is 0 Å².